The third-order valence-electron chi connectivity index (χ3n) is 5.52. The largest absolute Gasteiger partial charge is 0.351 e. The lowest BCUT2D eigenvalue weighted by molar-refractivity contribution is 0.395. The van der Waals surface area contributed by atoms with Crippen molar-refractivity contribution in [3.05, 3.63) is 76.5 Å². The molecule has 5 nitrogen and oxygen atoms in total. The first-order valence-electron chi connectivity index (χ1n) is 10.6. The Kier molecular flexibility index (Phi) is 6.86. The highest BCUT2D eigenvalue weighted by Gasteiger charge is 2.34. The maximum atomic E-state index is 13.3. The fraction of sp³-hybridized carbons (Fsp3) is 0.292. The Bertz CT molecular complexity index is 1140. The van der Waals surface area contributed by atoms with Gasteiger partial charge >= 0.3 is 0 Å². The molecule has 1 aromatic heterocycles. The lowest BCUT2D eigenvalue weighted by atomic mass is 9.94. The van der Waals surface area contributed by atoms with Crippen LogP contribution < -0.4 is 5.32 Å². The number of rotatable bonds is 7. The van der Waals surface area contributed by atoms with Crippen molar-refractivity contribution >= 4 is 34.5 Å². The molecular formula is C24H24ClFN4OS. The van der Waals surface area contributed by atoms with Crippen molar-refractivity contribution in [3.63, 3.8) is 0 Å². The second kappa shape index (κ2) is 9.79. The van der Waals surface area contributed by atoms with E-state index in [2.05, 4.69) is 27.3 Å². The number of unbranched alkanes of at least 4 members (excludes halogenated alkanes) is 2. The minimum atomic E-state index is -0.315. The van der Waals surface area contributed by atoms with Crippen LogP contribution in [0.3, 0.4) is 0 Å². The highest BCUT2D eigenvalue weighted by Crippen LogP contribution is 2.38. The first-order chi connectivity index (χ1) is 15.5. The summed E-state index contributed by atoms with van der Waals surface area (Å²) in [7, 11) is 0. The van der Waals surface area contributed by atoms with Crippen LogP contribution in [0.5, 0.6) is 0 Å². The van der Waals surface area contributed by atoms with E-state index in [-0.39, 0.29) is 11.9 Å². The molecule has 0 aliphatic carbocycles. The van der Waals surface area contributed by atoms with Gasteiger partial charge in [-0.3, -0.25) is 0 Å². The zero-order valence-corrected chi connectivity index (χ0v) is 19.5. The van der Waals surface area contributed by atoms with Gasteiger partial charge in [-0.25, -0.2) is 4.39 Å². The second-order valence-electron chi connectivity index (χ2n) is 7.73. The molecular weight excluding hydrogens is 447 g/mol. The lowest BCUT2D eigenvalue weighted by Gasteiger charge is -2.37. The molecule has 2 heterocycles. The van der Waals surface area contributed by atoms with E-state index >= 15 is 0 Å². The van der Waals surface area contributed by atoms with Gasteiger partial charge in [-0.15, -0.1) is 0 Å². The van der Waals surface area contributed by atoms with E-state index < -0.39 is 0 Å². The third kappa shape index (κ3) is 4.69. The van der Waals surface area contributed by atoms with Crippen LogP contribution in [0.2, 0.25) is 5.02 Å². The number of thiocarbonyl (C=S) groups is 1. The molecule has 3 aromatic rings. The highest BCUT2D eigenvalue weighted by molar-refractivity contribution is 7.80. The van der Waals surface area contributed by atoms with E-state index in [0.29, 0.717) is 27.4 Å². The molecule has 0 spiro atoms. The maximum Gasteiger partial charge on any atom is 0.258 e. The van der Waals surface area contributed by atoms with Gasteiger partial charge in [0.1, 0.15) is 5.82 Å². The van der Waals surface area contributed by atoms with E-state index in [1.54, 1.807) is 12.1 Å². The van der Waals surface area contributed by atoms with Crippen LogP contribution in [0, 0.1) is 5.82 Å². The van der Waals surface area contributed by atoms with E-state index in [0.717, 1.165) is 42.6 Å². The number of nitrogens with zero attached hydrogens (tertiary/aromatic N) is 3. The molecule has 1 atom stereocenters. The van der Waals surface area contributed by atoms with Crippen molar-refractivity contribution in [1.29, 1.82) is 0 Å². The zero-order chi connectivity index (χ0) is 22.7. The van der Waals surface area contributed by atoms with Gasteiger partial charge in [0.2, 0.25) is 5.82 Å². The van der Waals surface area contributed by atoms with Crippen LogP contribution in [0.15, 0.2) is 58.8 Å². The van der Waals surface area contributed by atoms with Gasteiger partial charge in [-0.1, -0.05) is 48.7 Å². The Morgan fingerprint density at radius 2 is 1.97 bits per heavy atom. The predicted molar refractivity (Wildman–Crippen MR) is 128 cm³/mol. The van der Waals surface area contributed by atoms with Gasteiger partial charge in [0.15, 0.2) is 5.11 Å². The summed E-state index contributed by atoms with van der Waals surface area (Å²) >= 11 is 12.0. The van der Waals surface area contributed by atoms with Crippen molar-refractivity contribution < 1.29 is 8.91 Å². The lowest BCUT2D eigenvalue weighted by Crippen LogP contribution is -2.46. The molecule has 0 fully saturated rings. The van der Waals surface area contributed by atoms with Crippen LogP contribution >= 0.6 is 23.8 Å². The highest BCUT2D eigenvalue weighted by atomic mass is 35.5. The molecule has 0 saturated carbocycles. The topological polar surface area (TPSA) is 54.2 Å². The Balaban J connectivity index is 1.77. The number of nitrogens with one attached hydrogen (secondary N) is 1. The van der Waals surface area contributed by atoms with Crippen molar-refractivity contribution in [2.75, 3.05) is 6.54 Å². The fourth-order valence-corrected chi connectivity index (χ4v) is 4.38. The molecule has 8 heteroatoms. The van der Waals surface area contributed by atoms with E-state index in [1.165, 1.54) is 12.1 Å². The van der Waals surface area contributed by atoms with Gasteiger partial charge in [-0.05, 0) is 67.5 Å². The molecule has 1 unspecified atom stereocenters. The first-order valence-corrected chi connectivity index (χ1v) is 11.4. The quantitative estimate of drug-likeness (QED) is 0.319. The summed E-state index contributed by atoms with van der Waals surface area (Å²) in [5.41, 5.74) is 3.43. The molecule has 1 aliphatic rings. The summed E-state index contributed by atoms with van der Waals surface area (Å²) in [5.74, 6) is 0.475. The summed E-state index contributed by atoms with van der Waals surface area (Å²) < 4.78 is 19.0. The Morgan fingerprint density at radius 1 is 1.19 bits per heavy atom. The van der Waals surface area contributed by atoms with Crippen LogP contribution in [0.25, 0.3) is 17.0 Å². The Labute approximate surface area is 197 Å². The van der Waals surface area contributed by atoms with Gasteiger partial charge in [0, 0.05) is 22.8 Å². The fourth-order valence-electron chi connectivity index (χ4n) is 3.83. The molecule has 0 amide bonds. The average Bonchev–Trinajstić information content (AvgIpc) is 3.26. The number of hydrogen-bond donors (Lipinski definition) is 1. The second-order valence-corrected chi connectivity index (χ2v) is 8.55. The summed E-state index contributed by atoms with van der Waals surface area (Å²) in [5, 5.41) is 8.87. The van der Waals surface area contributed by atoms with Gasteiger partial charge < -0.3 is 14.7 Å². The van der Waals surface area contributed by atoms with Gasteiger partial charge in [0.05, 0.1) is 11.6 Å². The minimum absolute atomic E-state index is 0.287. The van der Waals surface area contributed by atoms with Crippen molar-refractivity contribution in [2.24, 2.45) is 0 Å². The Morgan fingerprint density at radius 3 is 2.69 bits per heavy atom. The van der Waals surface area contributed by atoms with E-state index in [4.69, 9.17) is 28.3 Å². The molecule has 0 bridgehead atoms. The normalized spacial score (nSPS) is 16.4. The van der Waals surface area contributed by atoms with E-state index in [9.17, 15) is 4.39 Å². The standard InChI is InChI=1S/C24H24ClFN4OS/c1-3-4-5-13-30-15(2)20(21(27-24(30)32)17-7-6-8-18(25)14-17)23-28-22(29-31-23)16-9-11-19(26)12-10-16/h6-12,14,21H,3-5,13H2,1-2H3,(H,27,32). The predicted octanol–water partition coefficient (Wildman–Crippen LogP) is 6.38. The van der Waals surface area contributed by atoms with Gasteiger partial charge in [-0.2, -0.15) is 4.98 Å². The monoisotopic (exact) mass is 470 g/mol. The van der Waals surface area contributed by atoms with Crippen LogP contribution in [-0.2, 0) is 0 Å². The summed E-state index contributed by atoms with van der Waals surface area (Å²) in [6.45, 7) is 5.00. The summed E-state index contributed by atoms with van der Waals surface area (Å²) in [6, 6.07) is 13.4. The number of halogens is 2. The van der Waals surface area contributed by atoms with E-state index in [1.807, 2.05) is 31.2 Å². The molecule has 1 N–H and O–H groups in total. The number of aromatic nitrogens is 2. The number of allylic oxidation sites excluding steroid dienone is 1. The van der Waals surface area contributed by atoms with Gasteiger partial charge in [0.25, 0.3) is 5.89 Å². The number of benzene rings is 2. The van der Waals surface area contributed by atoms with Crippen LogP contribution in [-0.4, -0.2) is 26.7 Å². The van der Waals surface area contributed by atoms with Crippen molar-refractivity contribution in [3.8, 4) is 11.4 Å². The molecule has 166 valence electrons. The van der Waals surface area contributed by atoms with Crippen LogP contribution in [0.1, 0.15) is 50.6 Å². The Hall–Kier alpha value is -2.77. The first kappa shape index (κ1) is 22.4. The molecule has 2 aromatic carbocycles. The molecule has 0 radical (unpaired) electrons. The minimum Gasteiger partial charge on any atom is -0.351 e. The summed E-state index contributed by atoms with van der Waals surface area (Å²) in [6.07, 6.45) is 3.27. The SMILES string of the molecule is CCCCCN1C(=S)NC(c2cccc(Cl)c2)C(c2nc(-c3ccc(F)cc3)no2)=C1C. The molecule has 0 saturated heterocycles. The number of hydrogen-bond acceptors (Lipinski definition) is 4. The molecule has 1 aliphatic heterocycles. The van der Waals surface area contributed by atoms with Crippen molar-refractivity contribution in [2.45, 2.75) is 39.2 Å². The zero-order valence-electron chi connectivity index (χ0n) is 17.9. The summed E-state index contributed by atoms with van der Waals surface area (Å²) in [4.78, 5) is 6.72. The molecule has 4 rings (SSSR count). The van der Waals surface area contributed by atoms with Crippen LogP contribution in [0.4, 0.5) is 4.39 Å². The smallest absolute Gasteiger partial charge is 0.258 e. The molecule has 32 heavy (non-hydrogen) atoms. The average molecular weight is 471 g/mol. The van der Waals surface area contributed by atoms with Crippen molar-refractivity contribution in [1.82, 2.24) is 20.4 Å². The third-order valence-corrected chi connectivity index (χ3v) is 6.10. The maximum absolute atomic E-state index is 13.3.